The number of rotatable bonds is 5. The van der Waals surface area contributed by atoms with Crippen molar-refractivity contribution in [1.82, 2.24) is 14.7 Å². The molecule has 0 N–H and O–H groups in total. The minimum absolute atomic E-state index is 0.0572. The van der Waals surface area contributed by atoms with Crippen LogP contribution in [-0.2, 0) is 18.3 Å². The SMILES string of the molecule is Cc1nn(C)c(C)c1CCC(=O)N1CCCC(C(=O)c2cccs2)C1. The van der Waals surface area contributed by atoms with Gasteiger partial charge < -0.3 is 4.90 Å². The largest absolute Gasteiger partial charge is 0.342 e. The number of amides is 1. The lowest BCUT2D eigenvalue weighted by Crippen LogP contribution is -2.42. The second-order valence-electron chi connectivity index (χ2n) is 6.79. The first-order chi connectivity index (χ1) is 12.0. The van der Waals surface area contributed by atoms with Gasteiger partial charge in [0.15, 0.2) is 5.78 Å². The normalized spacial score (nSPS) is 17.7. The summed E-state index contributed by atoms with van der Waals surface area (Å²) in [6, 6.07) is 3.78. The summed E-state index contributed by atoms with van der Waals surface area (Å²) in [6.45, 7) is 5.35. The molecule has 25 heavy (non-hydrogen) atoms. The molecule has 3 heterocycles. The molecule has 2 aromatic heterocycles. The van der Waals surface area contributed by atoms with E-state index in [1.807, 2.05) is 48.0 Å². The number of Topliss-reactive ketones (excluding diaryl/α,β-unsaturated/α-hetero) is 1. The van der Waals surface area contributed by atoms with Crippen molar-refractivity contribution in [1.29, 1.82) is 0 Å². The van der Waals surface area contributed by atoms with Crippen molar-refractivity contribution in [3.8, 4) is 0 Å². The Morgan fingerprint density at radius 1 is 1.36 bits per heavy atom. The maximum atomic E-state index is 12.6. The Hall–Kier alpha value is -1.95. The molecule has 5 nitrogen and oxygen atoms in total. The minimum Gasteiger partial charge on any atom is -0.342 e. The van der Waals surface area contributed by atoms with Gasteiger partial charge in [0.1, 0.15) is 0 Å². The number of hydrogen-bond acceptors (Lipinski definition) is 4. The van der Waals surface area contributed by atoms with E-state index in [2.05, 4.69) is 5.10 Å². The molecule has 0 aromatic carbocycles. The number of hydrogen-bond donors (Lipinski definition) is 0. The summed E-state index contributed by atoms with van der Waals surface area (Å²) >= 11 is 1.49. The van der Waals surface area contributed by atoms with Gasteiger partial charge in [-0.3, -0.25) is 14.3 Å². The van der Waals surface area contributed by atoms with Crippen LogP contribution in [-0.4, -0.2) is 39.5 Å². The number of aryl methyl sites for hydroxylation is 2. The Balaban J connectivity index is 1.59. The van der Waals surface area contributed by atoms with Crippen LogP contribution in [0.3, 0.4) is 0 Å². The topological polar surface area (TPSA) is 55.2 Å². The van der Waals surface area contributed by atoms with Gasteiger partial charge in [-0.05, 0) is 50.1 Å². The van der Waals surface area contributed by atoms with E-state index in [0.29, 0.717) is 19.4 Å². The molecule has 0 aliphatic carbocycles. The van der Waals surface area contributed by atoms with E-state index in [0.717, 1.165) is 35.7 Å². The molecule has 1 aliphatic rings. The summed E-state index contributed by atoms with van der Waals surface area (Å²) in [5.41, 5.74) is 3.28. The molecule has 134 valence electrons. The summed E-state index contributed by atoms with van der Waals surface area (Å²) in [6.07, 6.45) is 2.97. The predicted octanol–water partition coefficient (Wildman–Crippen LogP) is 3.15. The highest BCUT2D eigenvalue weighted by Gasteiger charge is 2.29. The fraction of sp³-hybridized carbons (Fsp3) is 0.526. The van der Waals surface area contributed by atoms with Gasteiger partial charge >= 0.3 is 0 Å². The third-order valence-electron chi connectivity index (χ3n) is 5.16. The number of likely N-dealkylation sites (tertiary alicyclic amines) is 1. The monoisotopic (exact) mass is 359 g/mol. The zero-order valence-corrected chi connectivity index (χ0v) is 15.9. The number of nitrogens with zero attached hydrogens (tertiary/aromatic N) is 3. The van der Waals surface area contributed by atoms with E-state index < -0.39 is 0 Å². The van der Waals surface area contributed by atoms with E-state index in [-0.39, 0.29) is 17.6 Å². The Bertz CT molecular complexity index is 764. The van der Waals surface area contributed by atoms with Crippen LogP contribution in [0.25, 0.3) is 0 Å². The van der Waals surface area contributed by atoms with E-state index in [1.165, 1.54) is 16.9 Å². The van der Waals surface area contributed by atoms with Gasteiger partial charge in [-0.1, -0.05) is 6.07 Å². The van der Waals surface area contributed by atoms with Crippen molar-refractivity contribution >= 4 is 23.0 Å². The third-order valence-corrected chi connectivity index (χ3v) is 6.04. The number of carbonyl (C=O) groups is 2. The maximum absolute atomic E-state index is 12.6. The molecule has 1 unspecified atom stereocenters. The Morgan fingerprint density at radius 2 is 2.16 bits per heavy atom. The molecule has 1 amide bonds. The van der Waals surface area contributed by atoms with Gasteiger partial charge in [-0.15, -0.1) is 11.3 Å². The summed E-state index contributed by atoms with van der Waals surface area (Å²) in [7, 11) is 1.93. The zero-order valence-electron chi connectivity index (χ0n) is 15.1. The Kier molecular flexibility index (Phi) is 5.37. The molecule has 1 aliphatic heterocycles. The average Bonchev–Trinajstić information content (AvgIpc) is 3.22. The highest BCUT2D eigenvalue weighted by atomic mass is 32.1. The molecule has 0 radical (unpaired) electrons. The molecular formula is C19H25N3O2S. The molecule has 0 spiro atoms. The first-order valence-corrected chi connectivity index (χ1v) is 9.70. The smallest absolute Gasteiger partial charge is 0.222 e. The van der Waals surface area contributed by atoms with Crippen molar-refractivity contribution in [2.75, 3.05) is 13.1 Å². The van der Waals surface area contributed by atoms with Gasteiger partial charge in [0.2, 0.25) is 5.91 Å². The summed E-state index contributed by atoms with van der Waals surface area (Å²) in [5.74, 6) is 0.274. The van der Waals surface area contributed by atoms with E-state index in [1.54, 1.807) is 0 Å². The molecular weight excluding hydrogens is 334 g/mol. The molecule has 3 rings (SSSR count). The van der Waals surface area contributed by atoms with Gasteiger partial charge in [0.25, 0.3) is 0 Å². The number of aromatic nitrogens is 2. The van der Waals surface area contributed by atoms with Crippen LogP contribution in [0.4, 0.5) is 0 Å². The van der Waals surface area contributed by atoms with E-state index in [4.69, 9.17) is 0 Å². The zero-order chi connectivity index (χ0) is 18.0. The molecule has 0 saturated carbocycles. The summed E-state index contributed by atoms with van der Waals surface area (Å²) in [4.78, 5) is 27.9. The quantitative estimate of drug-likeness (QED) is 0.771. The van der Waals surface area contributed by atoms with Gasteiger partial charge in [-0.2, -0.15) is 5.10 Å². The van der Waals surface area contributed by atoms with Gasteiger partial charge in [0.05, 0.1) is 10.6 Å². The van der Waals surface area contributed by atoms with Crippen molar-refractivity contribution in [2.45, 2.75) is 39.5 Å². The number of thiophene rings is 1. The second kappa shape index (κ2) is 7.52. The number of carbonyl (C=O) groups excluding carboxylic acids is 2. The number of piperidine rings is 1. The third kappa shape index (κ3) is 3.84. The highest BCUT2D eigenvalue weighted by molar-refractivity contribution is 7.12. The molecule has 6 heteroatoms. The summed E-state index contributed by atoms with van der Waals surface area (Å²) < 4.78 is 1.87. The van der Waals surface area contributed by atoms with Crippen molar-refractivity contribution < 1.29 is 9.59 Å². The maximum Gasteiger partial charge on any atom is 0.222 e. The molecule has 1 saturated heterocycles. The van der Waals surface area contributed by atoms with Crippen LogP contribution < -0.4 is 0 Å². The second-order valence-corrected chi connectivity index (χ2v) is 7.74. The first kappa shape index (κ1) is 17.9. The Labute approximate surface area is 152 Å². The Morgan fingerprint density at radius 3 is 2.80 bits per heavy atom. The fourth-order valence-electron chi connectivity index (χ4n) is 3.61. The minimum atomic E-state index is -0.0572. The highest BCUT2D eigenvalue weighted by Crippen LogP contribution is 2.24. The van der Waals surface area contributed by atoms with Crippen LogP contribution in [0.1, 0.15) is 45.9 Å². The van der Waals surface area contributed by atoms with E-state index >= 15 is 0 Å². The van der Waals surface area contributed by atoms with Crippen LogP contribution in [0.5, 0.6) is 0 Å². The predicted molar refractivity (Wildman–Crippen MR) is 99.0 cm³/mol. The van der Waals surface area contributed by atoms with Crippen molar-refractivity contribution in [3.05, 3.63) is 39.3 Å². The first-order valence-electron chi connectivity index (χ1n) is 8.82. The lowest BCUT2D eigenvalue weighted by Gasteiger charge is -2.32. The van der Waals surface area contributed by atoms with Crippen LogP contribution in [0.2, 0.25) is 0 Å². The number of ketones is 1. The molecule has 0 bridgehead atoms. The summed E-state index contributed by atoms with van der Waals surface area (Å²) in [5, 5.41) is 6.34. The lowest BCUT2D eigenvalue weighted by atomic mass is 9.92. The standard InChI is InChI=1S/C19H25N3O2S/c1-13-16(14(2)21(3)20-13)8-9-18(23)22-10-4-6-15(12-22)19(24)17-7-5-11-25-17/h5,7,11,15H,4,6,8-10,12H2,1-3H3. The van der Waals surface area contributed by atoms with Crippen LogP contribution >= 0.6 is 11.3 Å². The van der Waals surface area contributed by atoms with Crippen molar-refractivity contribution in [2.24, 2.45) is 13.0 Å². The molecule has 1 fully saturated rings. The molecule has 2 aromatic rings. The van der Waals surface area contributed by atoms with Gasteiger partial charge in [-0.25, -0.2) is 0 Å². The van der Waals surface area contributed by atoms with E-state index in [9.17, 15) is 9.59 Å². The average molecular weight is 359 g/mol. The molecule has 1 atom stereocenters. The van der Waals surface area contributed by atoms with Crippen LogP contribution in [0.15, 0.2) is 17.5 Å². The van der Waals surface area contributed by atoms with Crippen molar-refractivity contribution in [3.63, 3.8) is 0 Å². The lowest BCUT2D eigenvalue weighted by molar-refractivity contribution is -0.132. The van der Waals surface area contributed by atoms with Gasteiger partial charge in [0, 0.05) is 38.2 Å². The fourth-order valence-corrected chi connectivity index (χ4v) is 4.35. The van der Waals surface area contributed by atoms with Crippen LogP contribution in [0, 0.1) is 19.8 Å².